The van der Waals surface area contributed by atoms with Crippen molar-refractivity contribution in [3.05, 3.63) is 23.4 Å². The van der Waals surface area contributed by atoms with Gasteiger partial charge in [-0.15, -0.1) is 4.91 Å². The average molecular weight is 520 g/mol. The molecular weight excluding hydrogens is 481 g/mol. The molecule has 13 heteroatoms. The Bertz CT molecular complexity index is 951. The zero-order valence-corrected chi connectivity index (χ0v) is 21.6. The van der Waals surface area contributed by atoms with Crippen molar-refractivity contribution < 1.29 is 14.0 Å². The van der Waals surface area contributed by atoms with E-state index in [1.165, 1.54) is 0 Å². The van der Waals surface area contributed by atoms with E-state index in [0.29, 0.717) is 18.8 Å². The van der Waals surface area contributed by atoms with Crippen LogP contribution >= 0.6 is 0 Å². The number of amides is 2. The number of alkyl halides is 1. The Balaban J connectivity index is 1.41. The van der Waals surface area contributed by atoms with Crippen LogP contribution in [0.15, 0.2) is 23.7 Å². The van der Waals surface area contributed by atoms with Gasteiger partial charge in [0.2, 0.25) is 11.8 Å². The van der Waals surface area contributed by atoms with E-state index in [9.17, 15) is 18.9 Å². The Morgan fingerprint density at radius 3 is 2.57 bits per heavy atom. The lowest BCUT2D eigenvalue weighted by Crippen LogP contribution is -2.62. The largest absolute Gasteiger partial charge is 0.370 e. The molecular formula is C24H38FN9O3. The first-order chi connectivity index (χ1) is 17.8. The van der Waals surface area contributed by atoms with Crippen LogP contribution in [0.1, 0.15) is 19.8 Å². The quantitative estimate of drug-likeness (QED) is 0.432. The van der Waals surface area contributed by atoms with Gasteiger partial charge in [0.1, 0.15) is 12.3 Å². The zero-order valence-electron chi connectivity index (χ0n) is 21.6. The molecule has 4 atom stereocenters. The van der Waals surface area contributed by atoms with E-state index < -0.39 is 30.2 Å². The van der Waals surface area contributed by atoms with Crippen LogP contribution in [-0.2, 0) is 9.59 Å². The summed E-state index contributed by atoms with van der Waals surface area (Å²) < 4.78 is 13.8. The van der Waals surface area contributed by atoms with Gasteiger partial charge in [0.05, 0.1) is 35.3 Å². The van der Waals surface area contributed by atoms with Crippen molar-refractivity contribution in [2.75, 3.05) is 69.6 Å². The Kier molecular flexibility index (Phi) is 8.87. The highest BCUT2D eigenvalue weighted by Crippen LogP contribution is 2.31. The van der Waals surface area contributed by atoms with Gasteiger partial charge in [0.15, 0.2) is 0 Å². The maximum atomic E-state index is 13.8. The topological polar surface area (TPSA) is 139 Å². The molecule has 3 aliphatic heterocycles. The fourth-order valence-electron chi connectivity index (χ4n) is 5.43. The summed E-state index contributed by atoms with van der Waals surface area (Å²) in [6.07, 6.45) is 2.63. The first-order valence-corrected chi connectivity index (χ1v) is 13.0. The maximum absolute atomic E-state index is 13.8. The smallest absolute Gasteiger partial charge is 0.232 e. The summed E-state index contributed by atoms with van der Waals surface area (Å²) in [5.74, 6) is -1.03. The Morgan fingerprint density at radius 1 is 1.22 bits per heavy atom. The lowest BCUT2D eigenvalue weighted by molar-refractivity contribution is -0.137. The van der Waals surface area contributed by atoms with Gasteiger partial charge in [-0.05, 0) is 32.9 Å². The SMILES string of the molecule is CC(N)C(C(=O)Nc1cnccc1N1CCC(C(=O)N2CCN(C)CC2)CC1)C1NCC(F)CN1N=O. The molecule has 2 amide bonds. The number of piperazine rings is 1. The summed E-state index contributed by atoms with van der Waals surface area (Å²) in [6.45, 7) is 6.19. The minimum absolute atomic E-state index is 0.000495. The number of piperidine rings is 1. The molecule has 0 bridgehead atoms. The lowest BCUT2D eigenvalue weighted by atomic mass is 9.94. The molecule has 4 unspecified atom stereocenters. The molecule has 1 aromatic rings. The third-order valence-corrected chi connectivity index (χ3v) is 7.62. The number of aromatic nitrogens is 1. The number of nitroso groups, excluding NO2 is 1. The summed E-state index contributed by atoms with van der Waals surface area (Å²) in [5.41, 5.74) is 7.47. The monoisotopic (exact) mass is 519 g/mol. The van der Waals surface area contributed by atoms with E-state index >= 15 is 0 Å². The van der Waals surface area contributed by atoms with Crippen molar-refractivity contribution in [2.24, 2.45) is 22.9 Å². The van der Waals surface area contributed by atoms with E-state index in [4.69, 9.17) is 5.73 Å². The second-order valence-electron chi connectivity index (χ2n) is 10.3. The highest BCUT2D eigenvalue weighted by Gasteiger charge is 2.40. The average Bonchev–Trinajstić information content (AvgIpc) is 2.90. The van der Waals surface area contributed by atoms with Gasteiger partial charge >= 0.3 is 0 Å². The van der Waals surface area contributed by atoms with Gasteiger partial charge in [-0.25, -0.2) is 9.40 Å². The van der Waals surface area contributed by atoms with Crippen molar-refractivity contribution >= 4 is 23.2 Å². The van der Waals surface area contributed by atoms with Crippen LogP contribution in [0.3, 0.4) is 0 Å². The van der Waals surface area contributed by atoms with Crippen molar-refractivity contribution in [1.82, 2.24) is 25.1 Å². The fraction of sp³-hybridized carbons (Fsp3) is 0.708. The van der Waals surface area contributed by atoms with E-state index in [-0.39, 0.29) is 24.9 Å². The fourth-order valence-corrected chi connectivity index (χ4v) is 5.43. The number of nitrogens with two attached hydrogens (primary N) is 1. The summed E-state index contributed by atoms with van der Waals surface area (Å²) >= 11 is 0. The van der Waals surface area contributed by atoms with Gasteiger partial charge < -0.3 is 25.8 Å². The molecule has 0 radical (unpaired) electrons. The first kappa shape index (κ1) is 27.1. The van der Waals surface area contributed by atoms with E-state index in [1.807, 2.05) is 11.0 Å². The molecule has 4 N–H and O–H groups in total. The highest BCUT2D eigenvalue weighted by molar-refractivity contribution is 5.96. The molecule has 4 rings (SSSR count). The number of nitrogens with one attached hydrogen (secondary N) is 2. The Labute approximate surface area is 216 Å². The first-order valence-electron chi connectivity index (χ1n) is 13.0. The Hall–Kier alpha value is -2.90. The van der Waals surface area contributed by atoms with Crippen LogP contribution in [0.4, 0.5) is 15.8 Å². The third kappa shape index (κ3) is 6.33. The van der Waals surface area contributed by atoms with Crippen LogP contribution in [0.2, 0.25) is 0 Å². The second kappa shape index (κ2) is 12.1. The number of rotatable bonds is 7. The van der Waals surface area contributed by atoms with Gasteiger partial charge in [0, 0.05) is 64.0 Å². The number of carbonyl (C=O) groups excluding carboxylic acids is 2. The number of pyridine rings is 1. The number of likely N-dealkylation sites (N-methyl/N-ethyl adjacent to an activating group) is 1. The molecule has 204 valence electrons. The minimum atomic E-state index is -1.26. The number of hydrogen-bond donors (Lipinski definition) is 3. The highest BCUT2D eigenvalue weighted by atomic mass is 19.1. The molecule has 12 nitrogen and oxygen atoms in total. The molecule has 0 saturated carbocycles. The van der Waals surface area contributed by atoms with Crippen LogP contribution in [-0.4, -0.2) is 109 Å². The standard InChI is InChI=1S/C24H38FN9O3/c1-16(26)21(22-28-13-18(25)15-34(22)30-37)23(35)29-19-14-27-6-3-20(19)32-7-4-17(5-8-32)24(36)33-11-9-31(2)10-12-33/h3,6,14,16-18,21-22,28H,4-5,7-13,15,26H2,1-2H3,(H,29,35). The number of nitrogens with zero attached hydrogens (tertiary/aromatic N) is 6. The van der Waals surface area contributed by atoms with Gasteiger partial charge in [-0.1, -0.05) is 0 Å². The number of hydrogen-bond acceptors (Lipinski definition) is 9. The Morgan fingerprint density at radius 2 is 1.92 bits per heavy atom. The minimum Gasteiger partial charge on any atom is -0.370 e. The summed E-state index contributed by atoms with van der Waals surface area (Å²) in [5, 5.41) is 9.74. The van der Waals surface area contributed by atoms with Gasteiger partial charge in [-0.2, -0.15) is 0 Å². The van der Waals surface area contributed by atoms with Gasteiger partial charge in [0.25, 0.3) is 0 Å². The van der Waals surface area contributed by atoms with Crippen LogP contribution in [0, 0.1) is 16.7 Å². The summed E-state index contributed by atoms with van der Waals surface area (Å²) in [7, 11) is 2.07. The zero-order chi connectivity index (χ0) is 26.5. The summed E-state index contributed by atoms with van der Waals surface area (Å²) in [4.78, 5) is 48.3. The van der Waals surface area contributed by atoms with Crippen molar-refractivity contribution in [3.8, 4) is 0 Å². The molecule has 1 aromatic heterocycles. The van der Waals surface area contributed by atoms with Crippen molar-refractivity contribution in [1.29, 1.82) is 0 Å². The number of halogens is 1. The lowest BCUT2D eigenvalue weighted by Gasteiger charge is -2.39. The van der Waals surface area contributed by atoms with E-state index in [1.54, 1.807) is 19.3 Å². The van der Waals surface area contributed by atoms with Gasteiger partial charge in [-0.3, -0.25) is 19.9 Å². The molecule has 3 fully saturated rings. The van der Waals surface area contributed by atoms with E-state index in [2.05, 4.69) is 37.8 Å². The van der Waals surface area contributed by atoms with Crippen LogP contribution in [0.5, 0.6) is 0 Å². The second-order valence-corrected chi connectivity index (χ2v) is 10.3. The van der Waals surface area contributed by atoms with E-state index in [0.717, 1.165) is 49.7 Å². The molecule has 0 spiro atoms. The third-order valence-electron chi connectivity index (χ3n) is 7.62. The summed E-state index contributed by atoms with van der Waals surface area (Å²) in [6, 6.07) is 1.21. The molecule has 4 heterocycles. The molecule has 3 saturated heterocycles. The molecule has 0 aromatic carbocycles. The predicted molar refractivity (Wildman–Crippen MR) is 138 cm³/mol. The van der Waals surface area contributed by atoms with Crippen molar-refractivity contribution in [2.45, 2.75) is 38.1 Å². The van der Waals surface area contributed by atoms with Crippen LogP contribution < -0.4 is 21.3 Å². The predicted octanol–water partition coefficient (Wildman–Crippen LogP) is 0.225. The maximum Gasteiger partial charge on any atom is 0.232 e. The number of anilines is 2. The molecule has 0 aliphatic carbocycles. The number of carbonyl (C=O) groups is 2. The molecule has 3 aliphatic rings. The normalized spacial score (nSPS) is 25.5. The van der Waals surface area contributed by atoms with Crippen LogP contribution in [0.25, 0.3) is 0 Å². The molecule has 37 heavy (non-hydrogen) atoms. The van der Waals surface area contributed by atoms with Crippen molar-refractivity contribution in [3.63, 3.8) is 0 Å².